The van der Waals surface area contributed by atoms with Crippen LogP contribution in [0.25, 0.3) is 21.9 Å². The third kappa shape index (κ3) is 4.09. The number of aromatic nitrogens is 3. The van der Waals surface area contributed by atoms with Gasteiger partial charge in [-0.2, -0.15) is 0 Å². The van der Waals surface area contributed by atoms with Crippen molar-refractivity contribution >= 4 is 43.7 Å². The van der Waals surface area contributed by atoms with Crippen LogP contribution >= 0.6 is 0 Å². The summed E-state index contributed by atoms with van der Waals surface area (Å²) in [4.78, 5) is 31.2. The Balaban J connectivity index is 1.27. The van der Waals surface area contributed by atoms with Crippen molar-refractivity contribution in [2.45, 2.75) is 12.8 Å². The molecule has 32 heavy (non-hydrogen) atoms. The number of rotatable bonds is 3. The third-order valence-corrected chi connectivity index (χ3v) is 7.35. The minimum atomic E-state index is -3.53. The first-order chi connectivity index (χ1) is 15.4. The van der Waals surface area contributed by atoms with Crippen LogP contribution in [0.2, 0.25) is 0 Å². The second-order valence-corrected chi connectivity index (χ2v) is 10.3. The molecule has 3 N–H and O–H groups in total. The monoisotopic (exact) mass is 457 g/mol. The van der Waals surface area contributed by atoms with E-state index in [1.54, 1.807) is 17.3 Å². The lowest BCUT2D eigenvalue weighted by atomic mass is 10.0. The summed E-state index contributed by atoms with van der Waals surface area (Å²) in [5.74, 6) is -0.160. The number of anilines is 1. The average Bonchev–Trinajstić information content (AvgIpc) is 3.22. The van der Waals surface area contributed by atoms with E-state index in [0.717, 1.165) is 40.5 Å². The molecule has 0 bridgehead atoms. The van der Waals surface area contributed by atoms with E-state index >= 15 is 0 Å². The van der Waals surface area contributed by atoms with Crippen LogP contribution in [0.4, 0.5) is 10.5 Å². The number of amides is 2. The second kappa shape index (κ2) is 8.21. The first-order valence-corrected chi connectivity index (χ1v) is 12.6. The molecular formula is C21H27N7O3S. The minimum absolute atomic E-state index is 0.0148. The fourth-order valence-electron chi connectivity index (χ4n) is 4.92. The Bertz CT molecular complexity index is 1250. The summed E-state index contributed by atoms with van der Waals surface area (Å²) in [5, 5.41) is 7.32. The molecule has 1 unspecified atom stereocenters. The van der Waals surface area contributed by atoms with Gasteiger partial charge in [0.15, 0.2) is 0 Å². The molecular weight excluding hydrogens is 430 g/mol. The molecule has 0 aliphatic carbocycles. The number of piperazine rings is 1. The van der Waals surface area contributed by atoms with Crippen LogP contribution in [-0.2, 0) is 10.0 Å². The first kappa shape index (κ1) is 21.0. The maximum atomic E-state index is 13.1. The zero-order valence-electron chi connectivity index (χ0n) is 17.8. The zero-order chi connectivity index (χ0) is 22.3. The van der Waals surface area contributed by atoms with E-state index in [-0.39, 0.29) is 17.7 Å². The van der Waals surface area contributed by atoms with Gasteiger partial charge in [-0.05, 0) is 24.8 Å². The molecule has 2 aliphatic rings. The molecule has 0 radical (unpaired) electrons. The number of primary sulfonamides is 1. The number of carbonyl (C=O) groups is 1. The molecule has 3 aromatic rings. The number of hydrogen-bond acceptors (Lipinski definition) is 6. The summed E-state index contributed by atoms with van der Waals surface area (Å²) in [7, 11) is -3.53. The number of carbonyl (C=O) groups excluding carboxylic acids is 1. The molecule has 1 atom stereocenters. The highest BCUT2D eigenvalue weighted by Gasteiger charge is 2.31. The molecule has 2 saturated heterocycles. The van der Waals surface area contributed by atoms with Gasteiger partial charge in [0.2, 0.25) is 10.0 Å². The smallest absolute Gasteiger partial charge is 0.320 e. The number of hydrogen-bond donors (Lipinski definition) is 2. The van der Waals surface area contributed by atoms with E-state index < -0.39 is 10.0 Å². The lowest BCUT2D eigenvalue weighted by molar-refractivity contribution is 0.129. The summed E-state index contributed by atoms with van der Waals surface area (Å²) in [6, 6.07) is 3.97. The minimum Gasteiger partial charge on any atom is -0.366 e. The van der Waals surface area contributed by atoms with E-state index in [0.29, 0.717) is 39.3 Å². The number of nitrogens with two attached hydrogens (primary N) is 1. The standard InChI is InChI=1S/C21H27N7O3S/c22-32(30,31)14-15-3-2-6-28(13-15)21(29)27-9-7-26(8-10-27)18-12-25-20-19(18)16-4-1-5-23-17(16)11-24-20/h1,4-5,11-12,15H,2-3,6-10,13-14H2,(H,24,25)(H2,22,30,31). The molecule has 5 rings (SSSR count). The Labute approximate surface area is 186 Å². The van der Waals surface area contributed by atoms with Gasteiger partial charge in [0.05, 0.1) is 28.5 Å². The molecule has 170 valence electrons. The lowest BCUT2D eigenvalue weighted by Crippen LogP contribution is -2.55. The van der Waals surface area contributed by atoms with Crippen LogP contribution < -0.4 is 10.0 Å². The number of nitrogens with one attached hydrogen (secondary N) is 1. The zero-order valence-corrected chi connectivity index (χ0v) is 18.6. The fraction of sp³-hybridized carbons (Fsp3) is 0.476. The van der Waals surface area contributed by atoms with Crippen molar-refractivity contribution in [3.8, 4) is 0 Å². The van der Waals surface area contributed by atoms with Gasteiger partial charge in [0, 0.05) is 57.0 Å². The molecule has 2 amide bonds. The summed E-state index contributed by atoms with van der Waals surface area (Å²) in [6.45, 7) is 3.75. The van der Waals surface area contributed by atoms with Gasteiger partial charge in [-0.25, -0.2) is 23.3 Å². The molecule has 11 heteroatoms. The van der Waals surface area contributed by atoms with Crippen molar-refractivity contribution in [2.75, 3.05) is 49.9 Å². The molecule has 3 aromatic heterocycles. The Hall–Kier alpha value is -2.92. The highest BCUT2D eigenvalue weighted by Crippen LogP contribution is 2.32. The number of H-pyrrole nitrogens is 1. The molecule has 0 aromatic carbocycles. The van der Waals surface area contributed by atoms with Gasteiger partial charge >= 0.3 is 6.03 Å². The maximum Gasteiger partial charge on any atom is 0.320 e. The maximum absolute atomic E-state index is 13.1. The van der Waals surface area contributed by atoms with Gasteiger partial charge in [-0.1, -0.05) is 6.07 Å². The predicted molar refractivity (Wildman–Crippen MR) is 123 cm³/mol. The van der Waals surface area contributed by atoms with Crippen LogP contribution in [0.3, 0.4) is 0 Å². The highest BCUT2D eigenvalue weighted by atomic mass is 32.2. The topological polar surface area (TPSA) is 129 Å². The summed E-state index contributed by atoms with van der Waals surface area (Å²) in [6.07, 6.45) is 7.10. The number of nitrogens with zero attached hydrogens (tertiary/aromatic N) is 5. The normalized spacial score (nSPS) is 20.3. The average molecular weight is 458 g/mol. The van der Waals surface area contributed by atoms with Crippen LogP contribution in [0, 0.1) is 5.92 Å². The molecule has 2 aliphatic heterocycles. The SMILES string of the molecule is NS(=O)(=O)CC1CCCN(C(=O)N2CCN(c3c[nH]c4ncc5ncccc5c34)CC2)C1. The molecule has 0 spiro atoms. The number of pyridine rings is 2. The van der Waals surface area contributed by atoms with E-state index in [2.05, 4.69) is 25.9 Å². The third-order valence-electron chi connectivity index (χ3n) is 6.41. The van der Waals surface area contributed by atoms with Gasteiger partial charge in [-0.15, -0.1) is 0 Å². The van der Waals surface area contributed by atoms with Crippen molar-refractivity contribution in [3.05, 3.63) is 30.7 Å². The molecule has 10 nitrogen and oxygen atoms in total. The lowest BCUT2D eigenvalue weighted by Gasteiger charge is -2.40. The number of fused-ring (bicyclic) bond motifs is 3. The fourth-order valence-corrected chi connectivity index (χ4v) is 5.85. The van der Waals surface area contributed by atoms with Crippen LogP contribution in [0.1, 0.15) is 12.8 Å². The summed E-state index contributed by atoms with van der Waals surface area (Å²) < 4.78 is 22.9. The Morgan fingerprint density at radius 2 is 1.97 bits per heavy atom. The largest absolute Gasteiger partial charge is 0.366 e. The van der Waals surface area contributed by atoms with E-state index in [1.165, 1.54) is 0 Å². The number of aromatic amines is 1. The number of likely N-dealkylation sites (tertiary alicyclic amines) is 1. The first-order valence-electron chi connectivity index (χ1n) is 10.9. The second-order valence-electron chi connectivity index (χ2n) is 8.63. The molecule has 2 fully saturated rings. The Kier molecular flexibility index (Phi) is 5.38. The van der Waals surface area contributed by atoms with E-state index in [9.17, 15) is 13.2 Å². The van der Waals surface area contributed by atoms with Gasteiger partial charge in [0.25, 0.3) is 0 Å². The number of sulfonamides is 1. The van der Waals surface area contributed by atoms with Crippen molar-refractivity contribution in [1.29, 1.82) is 0 Å². The van der Waals surface area contributed by atoms with Crippen molar-refractivity contribution < 1.29 is 13.2 Å². The van der Waals surface area contributed by atoms with E-state index in [1.807, 2.05) is 17.2 Å². The Morgan fingerprint density at radius 1 is 1.16 bits per heavy atom. The number of urea groups is 1. The van der Waals surface area contributed by atoms with Crippen LogP contribution in [0.15, 0.2) is 30.7 Å². The van der Waals surface area contributed by atoms with Gasteiger partial charge in [0.1, 0.15) is 5.65 Å². The predicted octanol–water partition coefficient (Wildman–Crippen LogP) is 1.35. The quantitative estimate of drug-likeness (QED) is 0.611. The Morgan fingerprint density at radius 3 is 2.75 bits per heavy atom. The van der Waals surface area contributed by atoms with Crippen molar-refractivity contribution in [1.82, 2.24) is 24.8 Å². The number of piperidine rings is 1. The highest BCUT2D eigenvalue weighted by molar-refractivity contribution is 7.89. The van der Waals surface area contributed by atoms with Crippen molar-refractivity contribution in [2.24, 2.45) is 11.1 Å². The van der Waals surface area contributed by atoms with Crippen LogP contribution in [0.5, 0.6) is 0 Å². The summed E-state index contributed by atoms with van der Waals surface area (Å²) >= 11 is 0. The molecule has 5 heterocycles. The van der Waals surface area contributed by atoms with Crippen molar-refractivity contribution in [3.63, 3.8) is 0 Å². The summed E-state index contributed by atoms with van der Waals surface area (Å²) in [5.41, 5.74) is 2.76. The van der Waals surface area contributed by atoms with E-state index in [4.69, 9.17) is 5.14 Å². The molecule has 0 saturated carbocycles. The van der Waals surface area contributed by atoms with Crippen LogP contribution in [-0.4, -0.2) is 84.2 Å². The van der Waals surface area contributed by atoms with Gasteiger partial charge in [-0.3, -0.25) is 4.98 Å². The van der Waals surface area contributed by atoms with Gasteiger partial charge < -0.3 is 19.7 Å².